The molecule has 1 heterocycles. The van der Waals surface area contributed by atoms with Gasteiger partial charge in [0.15, 0.2) is 0 Å². The summed E-state index contributed by atoms with van der Waals surface area (Å²) in [6, 6.07) is -0.224. The number of sulfonamides is 1. The van der Waals surface area contributed by atoms with Crippen molar-refractivity contribution >= 4 is 27.2 Å². The van der Waals surface area contributed by atoms with E-state index in [0.717, 1.165) is 12.8 Å². The summed E-state index contributed by atoms with van der Waals surface area (Å²) in [5.74, 6) is 0.779. The molecule has 5 nitrogen and oxygen atoms in total. The van der Waals surface area contributed by atoms with Crippen LogP contribution < -0.4 is 5.73 Å². The van der Waals surface area contributed by atoms with Gasteiger partial charge in [-0.2, -0.15) is 4.31 Å². The van der Waals surface area contributed by atoms with E-state index in [2.05, 4.69) is 12.2 Å². The van der Waals surface area contributed by atoms with Crippen molar-refractivity contribution < 1.29 is 13.5 Å². The van der Waals surface area contributed by atoms with Crippen molar-refractivity contribution in [3.63, 3.8) is 0 Å². The summed E-state index contributed by atoms with van der Waals surface area (Å²) >= 11 is 4.68. The van der Waals surface area contributed by atoms with Crippen molar-refractivity contribution in [3.05, 3.63) is 0 Å². The van der Waals surface area contributed by atoms with Crippen LogP contribution in [0.15, 0.2) is 0 Å². The lowest BCUT2D eigenvalue weighted by Gasteiger charge is -2.28. The van der Waals surface area contributed by atoms with Crippen LogP contribution in [0, 0.1) is 17.8 Å². The number of nitrogens with zero attached hydrogens (tertiary/aromatic N) is 1. The molecule has 2 aliphatic carbocycles. The summed E-state index contributed by atoms with van der Waals surface area (Å²) in [4.78, 5) is -0.00622. The standard InChI is InChI=1S/C10H16N2O3S2/c11-8(16)4-17(14,15)12-3-6-1-5-2-7(6)9(12)10(5)13/h5-7,9-10,13H,1-4H2,(H2,11,16). The highest BCUT2D eigenvalue weighted by molar-refractivity contribution is 7.92. The Morgan fingerprint density at radius 1 is 1.41 bits per heavy atom. The Hall–Kier alpha value is -0.240. The molecular weight excluding hydrogens is 260 g/mol. The second-order valence-corrected chi connectivity index (χ2v) is 7.87. The van der Waals surface area contributed by atoms with Crippen LogP contribution in [0.3, 0.4) is 0 Å². The number of thiocarbonyl (C=S) groups is 1. The Balaban J connectivity index is 1.89. The first-order chi connectivity index (χ1) is 7.90. The van der Waals surface area contributed by atoms with Gasteiger partial charge >= 0.3 is 0 Å². The third-order valence-corrected chi connectivity index (χ3v) is 6.60. The van der Waals surface area contributed by atoms with Crippen molar-refractivity contribution in [1.82, 2.24) is 4.31 Å². The van der Waals surface area contributed by atoms with Gasteiger partial charge in [0, 0.05) is 6.54 Å². The molecule has 7 heteroatoms. The van der Waals surface area contributed by atoms with Crippen LogP contribution in [0.5, 0.6) is 0 Å². The molecule has 0 spiro atoms. The van der Waals surface area contributed by atoms with Crippen LogP contribution in [0.2, 0.25) is 0 Å². The van der Waals surface area contributed by atoms with E-state index in [-0.39, 0.29) is 16.8 Å². The first-order valence-corrected chi connectivity index (χ1v) is 7.88. The number of aliphatic hydroxyl groups excluding tert-OH is 1. The van der Waals surface area contributed by atoms with E-state index >= 15 is 0 Å². The molecule has 3 rings (SSSR count). The lowest BCUT2D eigenvalue weighted by Crippen LogP contribution is -2.46. The average Bonchev–Trinajstić information content (AvgIpc) is 2.73. The molecule has 0 radical (unpaired) electrons. The minimum Gasteiger partial charge on any atom is -0.392 e. The van der Waals surface area contributed by atoms with Crippen molar-refractivity contribution in [2.75, 3.05) is 12.3 Å². The van der Waals surface area contributed by atoms with Gasteiger partial charge in [0.05, 0.1) is 17.1 Å². The number of hydrogen-bond acceptors (Lipinski definition) is 4. The van der Waals surface area contributed by atoms with Crippen molar-refractivity contribution in [1.29, 1.82) is 0 Å². The van der Waals surface area contributed by atoms with Crippen LogP contribution in [-0.4, -0.2) is 47.3 Å². The van der Waals surface area contributed by atoms with E-state index in [9.17, 15) is 13.5 Å². The maximum Gasteiger partial charge on any atom is 0.220 e. The third kappa shape index (κ3) is 1.63. The molecule has 3 fully saturated rings. The van der Waals surface area contributed by atoms with E-state index in [1.165, 1.54) is 4.31 Å². The molecule has 5 unspecified atom stereocenters. The molecule has 0 amide bonds. The van der Waals surface area contributed by atoms with Crippen LogP contribution in [-0.2, 0) is 10.0 Å². The van der Waals surface area contributed by atoms with Gasteiger partial charge in [0.1, 0.15) is 5.75 Å². The summed E-state index contributed by atoms with van der Waals surface area (Å²) in [5.41, 5.74) is 5.33. The second kappa shape index (κ2) is 3.63. The lowest BCUT2D eigenvalue weighted by atomic mass is 9.88. The number of aliphatic hydroxyl groups is 1. The van der Waals surface area contributed by atoms with Crippen molar-refractivity contribution in [3.8, 4) is 0 Å². The Labute approximate surface area is 106 Å². The molecule has 1 saturated heterocycles. The first kappa shape index (κ1) is 11.8. The Morgan fingerprint density at radius 2 is 2.12 bits per heavy atom. The zero-order chi connectivity index (χ0) is 12.4. The van der Waals surface area contributed by atoms with Crippen LogP contribution >= 0.6 is 12.2 Å². The third-order valence-electron chi connectivity index (χ3n) is 4.49. The van der Waals surface area contributed by atoms with E-state index < -0.39 is 16.1 Å². The number of nitrogens with two attached hydrogens (primary N) is 1. The fourth-order valence-electron chi connectivity index (χ4n) is 3.94. The van der Waals surface area contributed by atoms with Gasteiger partial charge in [-0.05, 0) is 30.6 Å². The molecule has 2 bridgehead atoms. The predicted octanol–water partition coefficient (Wildman–Crippen LogP) is -0.697. The normalized spacial score (nSPS) is 44.4. The number of rotatable bonds is 3. The van der Waals surface area contributed by atoms with Gasteiger partial charge in [-0.3, -0.25) is 0 Å². The molecule has 2 saturated carbocycles. The van der Waals surface area contributed by atoms with Crippen molar-refractivity contribution in [2.24, 2.45) is 23.5 Å². The molecule has 3 N–H and O–H groups in total. The number of hydrogen-bond donors (Lipinski definition) is 2. The van der Waals surface area contributed by atoms with E-state index in [4.69, 9.17) is 5.73 Å². The monoisotopic (exact) mass is 276 g/mol. The summed E-state index contributed by atoms with van der Waals surface area (Å²) < 4.78 is 25.7. The Kier molecular flexibility index (Phi) is 2.52. The molecule has 17 heavy (non-hydrogen) atoms. The fourth-order valence-corrected chi connectivity index (χ4v) is 5.98. The van der Waals surface area contributed by atoms with Gasteiger partial charge in [-0.25, -0.2) is 8.42 Å². The molecular formula is C10H16N2O3S2. The molecule has 5 atom stereocenters. The molecule has 0 aromatic rings. The highest BCUT2D eigenvalue weighted by Crippen LogP contribution is 2.55. The second-order valence-electron chi connectivity index (χ2n) is 5.43. The van der Waals surface area contributed by atoms with Gasteiger partial charge in [0.2, 0.25) is 10.0 Å². The van der Waals surface area contributed by atoms with E-state index in [1.54, 1.807) is 0 Å². The molecule has 96 valence electrons. The number of fused-ring (bicyclic) bond motifs is 1. The maximum absolute atomic E-state index is 12.1. The Bertz CT molecular complexity index is 462. The average molecular weight is 276 g/mol. The highest BCUT2D eigenvalue weighted by Gasteiger charge is 2.61. The van der Waals surface area contributed by atoms with Gasteiger partial charge in [-0.15, -0.1) is 0 Å². The van der Waals surface area contributed by atoms with Crippen LogP contribution in [0.4, 0.5) is 0 Å². The Morgan fingerprint density at radius 3 is 2.71 bits per heavy atom. The first-order valence-electron chi connectivity index (χ1n) is 5.86. The largest absolute Gasteiger partial charge is 0.392 e. The predicted molar refractivity (Wildman–Crippen MR) is 66.8 cm³/mol. The summed E-state index contributed by atoms with van der Waals surface area (Å²) in [5, 5.41) is 10.1. The smallest absolute Gasteiger partial charge is 0.220 e. The summed E-state index contributed by atoms with van der Waals surface area (Å²) in [7, 11) is -3.45. The van der Waals surface area contributed by atoms with Gasteiger partial charge in [-0.1, -0.05) is 12.2 Å². The van der Waals surface area contributed by atoms with Crippen LogP contribution in [0.25, 0.3) is 0 Å². The lowest BCUT2D eigenvalue weighted by molar-refractivity contribution is 0.0732. The molecule has 0 aromatic heterocycles. The topological polar surface area (TPSA) is 83.6 Å². The minimum atomic E-state index is -3.45. The SMILES string of the molecule is NC(=S)CS(=O)(=O)N1CC2CC3CC2C1C3O. The van der Waals surface area contributed by atoms with E-state index in [1.807, 2.05) is 0 Å². The zero-order valence-corrected chi connectivity index (χ0v) is 11.0. The zero-order valence-electron chi connectivity index (χ0n) is 9.32. The van der Waals surface area contributed by atoms with Gasteiger partial charge in [0.25, 0.3) is 0 Å². The quantitative estimate of drug-likeness (QED) is 0.666. The molecule has 3 aliphatic rings. The molecule has 0 aromatic carbocycles. The maximum atomic E-state index is 12.1. The van der Waals surface area contributed by atoms with Gasteiger partial charge < -0.3 is 10.8 Å². The fraction of sp³-hybridized carbons (Fsp3) is 0.900. The van der Waals surface area contributed by atoms with E-state index in [0.29, 0.717) is 24.3 Å². The minimum absolute atomic E-state index is 0.00622. The highest BCUT2D eigenvalue weighted by atomic mass is 32.2. The summed E-state index contributed by atoms with van der Waals surface area (Å²) in [6.07, 6.45) is 1.43. The van der Waals surface area contributed by atoms with Crippen LogP contribution in [0.1, 0.15) is 12.8 Å². The molecule has 1 aliphatic heterocycles. The summed E-state index contributed by atoms with van der Waals surface area (Å²) in [6.45, 7) is 0.536. The van der Waals surface area contributed by atoms with Crippen molar-refractivity contribution in [2.45, 2.75) is 25.0 Å².